The molecule has 0 bridgehead atoms. The van der Waals surface area contributed by atoms with Gasteiger partial charge in [-0.2, -0.15) is 0 Å². The van der Waals surface area contributed by atoms with Crippen LogP contribution in [0.2, 0.25) is 0 Å². The Bertz CT molecular complexity index is 360. The van der Waals surface area contributed by atoms with Crippen LogP contribution in [-0.2, 0) is 11.3 Å². The molecule has 86 valence electrons. The highest BCUT2D eigenvalue weighted by Gasteiger charge is 2.05. The fourth-order valence-corrected chi connectivity index (χ4v) is 3.16. The van der Waals surface area contributed by atoms with E-state index in [1.54, 1.807) is 18.9 Å². The van der Waals surface area contributed by atoms with Gasteiger partial charge in [0.05, 0.1) is 7.11 Å². The Hall–Kier alpha value is -0.740. The van der Waals surface area contributed by atoms with Crippen molar-refractivity contribution in [3.05, 3.63) is 40.3 Å². The first-order chi connectivity index (χ1) is 7.88. The van der Waals surface area contributed by atoms with Gasteiger partial charge >= 0.3 is 0 Å². The summed E-state index contributed by atoms with van der Waals surface area (Å²) in [6.07, 6.45) is 0. The van der Waals surface area contributed by atoms with Crippen molar-refractivity contribution in [3.8, 4) is 5.75 Å². The van der Waals surface area contributed by atoms with Gasteiger partial charge in [-0.05, 0) is 17.7 Å². The zero-order valence-electron chi connectivity index (χ0n) is 9.14. The lowest BCUT2D eigenvalue weighted by Gasteiger charge is -2.13. The molecule has 1 aliphatic rings. The molecule has 0 spiro atoms. The minimum absolute atomic E-state index is 0.628. The quantitative estimate of drug-likeness (QED) is 0.818. The summed E-state index contributed by atoms with van der Waals surface area (Å²) >= 11 is 3.60. The van der Waals surface area contributed by atoms with Crippen LogP contribution in [0.1, 0.15) is 5.56 Å². The van der Waals surface area contributed by atoms with Crippen LogP contribution in [0.15, 0.2) is 34.8 Å². The molecule has 2 rings (SSSR count). The molecule has 4 heteroatoms. The van der Waals surface area contributed by atoms with E-state index in [4.69, 9.17) is 9.47 Å². The molecule has 1 aliphatic heterocycles. The summed E-state index contributed by atoms with van der Waals surface area (Å²) in [4.78, 5) is 0. The van der Waals surface area contributed by atoms with Crippen molar-refractivity contribution in [1.82, 2.24) is 0 Å². The van der Waals surface area contributed by atoms with Gasteiger partial charge < -0.3 is 9.47 Å². The van der Waals surface area contributed by atoms with E-state index in [0.29, 0.717) is 6.61 Å². The van der Waals surface area contributed by atoms with E-state index in [0.717, 1.165) is 22.2 Å². The Morgan fingerprint density at radius 1 is 1.19 bits per heavy atom. The third-order valence-electron chi connectivity index (χ3n) is 2.17. The normalized spacial score (nSPS) is 15.4. The molecule has 2 nitrogen and oxygen atoms in total. The summed E-state index contributed by atoms with van der Waals surface area (Å²) in [7, 11) is 1.67. The Morgan fingerprint density at radius 2 is 2.00 bits per heavy atom. The standard InChI is InChI=1S/C12H14O2S2/c1-13-11-4-2-10(3-5-11)8-14-12-9-15-6-7-16-12/h2-5,9H,6-8H2,1H3. The van der Waals surface area contributed by atoms with Crippen molar-refractivity contribution in [2.45, 2.75) is 6.61 Å². The smallest absolute Gasteiger partial charge is 0.160 e. The molecule has 1 aromatic rings. The van der Waals surface area contributed by atoms with Crippen molar-refractivity contribution < 1.29 is 9.47 Å². The number of rotatable bonds is 4. The average Bonchev–Trinajstić information content (AvgIpc) is 2.38. The van der Waals surface area contributed by atoms with Gasteiger partial charge in [0.1, 0.15) is 12.4 Å². The van der Waals surface area contributed by atoms with E-state index in [1.165, 1.54) is 5.75 Å². The molecule has 1 heterocycles. The summed E-state index contributed by atoms with van der Waals surface area (Å²) in [5.74, 6) is 3.20. The van der Waals surface area contributed by atoms with Crippen molar-refractivity contribution in [2.24, 2.45) is 0 Å². The lowest BCUT2D eigenvalue weighted by molar-refractivity contribution is 0.226. The maximum atomic E-state index is 5.70. The van der Waals surface area contributed by atoms with Crippen LogP contribution < -0.4 is 4.74 Å². The highest BCUT2D eigenvalue weighted by molar-refractivity contribution is 8.09. The second-order valence-corrected chi connectivity index (χ2v) is 5.37. The third kappa shape index (κ3) is 3.39. The zero-order chi connectivity index (χ0) is 11.2. The molecule has 0 atom stereocenters. The van der Waals surface area contributed by atoms with Gasteiger partial charge in [-0.3, -0.25) is 0 Å². The van der Waals surface area contributed by atoms with Gasteiger partial charge in [-0.1, -0.05) is 23.9 Å². The second-order valence-electron chi connectivity index (χ2n) is 3.29. The van der Waals surface area contributed by atoms with Gasteiger partial charge in [-0.15, -0.1) is 11.8 Å². The van der Waals surface area contributed by atoms with E-state index in [1.807, 2.05) is 36.0 Å². The summed E-state index contributed by atoms with van der Waals surface area (Å²) in [6.45, 7) is 0.628. The monoisotopic (exact) mass is 254 g/mol. The lowest BCUT2D eigenvalue weighted by atomic mass is 10.2. The molecule has 16 heavy (non-hydrogen) atoms. The molecule has 0 saturated carbocycles. The molecule has 0 unspecified atom stereocenters. The van der Waals surface area contributed by atoms with Crippen LogP contribution in [0.4, 0.5) is 0 Å². The zero-order valence-corrected chi connectivity index (χ0v) is 10.8. The van der Waals surface area contributed by atoms with E-state index in [-0.39, 0.29) is 0 Å². The van der Waals surface area contributed by atoms with Crippen LogP contribution in [0.5, 0.6) is 5.75 Å². The van der Waals surface area contributed by atoms with Crippen LogP contribution >= 0.6 is 23.5 Å². The number of thioether (sulfide) groups is 2. The summed E-state index contributed by atoms with van der Waals surface area (Å²) in [6, 6.07) is 7.96. The van der Waals surface area contributed by atoms with E-state index >= 15 is 0 Å². The molecule has 0 saturated heterocycles. The van der Waals surface area contributed by atoms with Crippen LogP contribution in [0.3, 0.4) is 0 Å². The number of hydrogen-bond acceptors (Lipinski definition) is 4. The lowest BCUT2D eigenvalue weighted by Crippen LogP contribution is -1.96. The van der Waals surface area contributed by atoms with Gasteiger partial charge in [0.25, 0.3) is 0 Å². The minimum Gasteiger partial charge on any atom is -0.497 e. The number of ether oxygens (including phenoxy) is 2. The molecule has 0 fully saturated rings. The Labute approximate surface area is 104 Å². The van der Waals surface area contributed by atoms with E-state index in [9.17, 15) is 0 Å². The van der Waals surface area contributed by atoms with Crippen molar-refractivity contribution in [2.75, 3.05) is 18.6 Å². The maximum absolute atomic E-state index is 5.70. The maximum Gasteiger partial charge on any atom is 0.160 e. The number of benzene rings is 1. The van der Waals surface area contributed by atoms with Crippen LogP contribution in [0.25, 0.3) is 0 Å². The first kappa shape index (κ1) is 11.7. The van der Waals surface area contributed by atoms with E-state index in [2.05, 4.69) is 5.41 Å². The SMILES string of the molecule is COc1ccc(COC2=CSCCS2)cc1. The highest BCUT2D eigenvalue weighted by Crippen LogP contribution is 2.28. The fourth-order valence-electron chi connectivity index (χ4n) is 1.30. The van der Waals surface area contributed by atoms with Gasteiger partial charge in [0.15, 0.2) is 5.09 Å². The topological polar surface area (TPSA) is 18.5 Å². The Kier molecular flexibility index (Phi) is 4.48. The first-order valence-corrected chi connectivity index (χ1v) is 7.12. The Morgan fingerprint density at radius 3 is 2.62 bits per heavy atom. The van der Waals surface area contributed by atoms with Crippen LogP contribution in [-0.4, -0.2) is 18.6 Å². The van der Waals surface area contributed by atoms with Gasteiger partial charge in [-0.25, -0.2) is 0 Å². The molecule has 1 aromatic carbocycles. The van der Waals surface area contributed by atoms with Gasteiger partial charge in [0.2, 0.25) is 0 Å². The number of hydrogen-bond donors (Lipinski definition) is 0. The average molecular weight is 254 g/mol. The predicted molar refractivity (Wildman–Crippen MR) is 70.8 cm³/mol. The van der Waals surface area contributed by atoms with Crippen molar-refractivity contribution in [1.29, 1.82) is 0 Å². The molecular weight excluding hydrogens is 240 g/mol. The fraction of sp³-hybridized carbons (Fsp3) is 0.333. The molecule has 0 N–H and O–H groups in total. The van der Waals surface area contributed by atoms with Crippen molar-refractivity contribution in [3.63, 3.8) is 0 Å². The third-order valence-corrected chi connectivity index (χ3v) is 4.32. The summed E-state index contributed by atoms with van der Waals surface area (Å²) in [5.41, 5.74) is 1.16. The van der Waals surface area contributed by atoms with Crippen molar-refractivity contribution >= 4 is 23.5 Å². The second kappa shape index (κ2) is 6.11. The molecule has 0 aliphatic carbocycles. The molecule has 0 amide bonds. The highest BCUT2D eigenvalue weighted by atomic mass is 32.2. The van der Waals surface area contributed by atoms with E-state index < -0.39 is 0 Å². The minimum atomic E-state index is 0.628. The van der Waals surface area contributed by atoms with Gasteiger partial charge in [0, 0.05) is 16.9 Å². The molecule has 0 aromatic heterocycles. The number of methoxy groups -OCH3 is 1. The molecular formula is C12H14O2S2. The Balaban J connectivity index is 1.86. The molecule has 0 radical (unpaired) electrons. The summed E-state index contributed by atoms with van der Waals surface area (Å²) in [5, 5.41) is 3.13. The first-order valence-electron chi connectivity index (χ1n) is 5.09. The summed E-state index contributed by atoms with van der Waals surface area (Å²) < 4.78 is 10.8. The largest absolute Gasteiger partial charge is 0.497 e. The van der Waals surface area contributed by atoms with Crippen LogP contribution in [0, 0.1) is 0 Å². The predicted octanol–water partition coefficient (Wildman–Crippen LogP) is 3.49.